The number of nitrogens with zero attached hydrogens (tertiary/aromatic N) is 2. The van der Waals surface area contributed by atoms with Crippen LogP contribution in [0.25, 0.3) is 0 Å². The highest BCUT2D eigenvalue weighted by atomic mass is 16.3. The van der Waals surface area contributed by atoms with Crippen molar-refractivity contribution in [3.8, 4) is 6.07 Å². The predicted octanol–water partition coefficient (Wildman–Crippen LogP) is 2.13. The van der Waals surface area contributed by atoms with Gasteiger partial charge >= 0.3 is 0 Å². The molecule has 1 unspecified atom stereocenters. The smallest absolute Gasteiger partial charge is 0.242 e. The first-order valence-corrected chi connectivity index (χ1v) is 7.25. The van der Waals surface area contributed by atoms with Crippen LogP contribution in [0.5, 0.6) is 0 Å². The Kier molecular flexibility index (Phi) is 3.94. The highest BCUT2D eigenvalue weighted by Crippen LogP contribution is 2.27. The summed E-state index contributed by atoms with van der Waals surface area (Å²) < 4.78 is 5.45. The van der Waals surface area contributed by atoms with Crippen LogP contribution in [0.4, 0.5) is 0 Å². The summed E-state index contributed by atoms with van der Waals surface area (Å²) in [6.45, 7) is 3.88. The Morgan fingerprint density at radius 2 is 2.18 bits per heavy atom. The van der Waals surface area contributed by atoms with Crippen LogP contribution in [0.1, 0.15) is 28.7 Å². The molecule has 5 heteroatoms. The number of carbonyl (C=O) groups excluding carboxylic acids is 1. The summed E-state index contributed by atoms with van der Waals surface area (Å²) in [4.78, 5) is 14.5. The largest absolute Gasteiger partial charge is 0.449 e. The van der Waals surface area contributed by atoms with Gasteiger partial charge in [-0.2, -0.15) is 5.26 Å². The van der Waals surface area contributed by atoms with Gasteiger partial charge < -0.3 is 9.73 Å². The van der Waals surface area contributed by atoms with Crippen LogP contribution in [0.3, 0.4) is 0 Å². The Balaban J connectivity index is 1.89. The van der Waals surface area contributed by atoms with Crippen molar-refractivity contribution in [2.75, 3.05) is 13.1 Å². The Bertz CT molecular complexity index is 730. The quantitative estimate of drug-likeness (QED) is 0.942. The molecule has 1 atom stereocenters. The molecule has 5 nitrogen and oxygen atoms in total. The molecule has 1 aromatic carbocycles. The van der Waals surface area contributed by atoms with E-state index in [-0.39, 0.29) is 11.9 Å². The zero-order chi connectivity index (χ0) is 15.5. The topological polar surface area (TPSA) is 69.3 Å². The van der Waals surface area contributed by atoms with E-state index in [2.05, 4.69) is 10.2 Å². The number of piperazine rings is 1. The van der Waals surface area contributed by atoms with E-state index in [1.807, 2.05) is 37.3 Å². The third-order valence-electron chi connectivity index (χ3n) is 3.93. The molecule has 0 aliphatic carbocycles. The van der Waals surface area contributed by atoms with E-state index in [1.54, 1.807) is 12.1 Å². The number of hydrogen-bond donors (Lipinski definition) is 1. The first-order chi connectivity index (χ1) is 10.7. The third kappa shape index (κ3) is 2.74. The van der Waals surface area contributed by atoms with Crippen molar-refractivity contribution in [3.05, 3.63) is 59.0 Å². The van der Waals surface area contributed by atoms with Gasteiger partial charge in [-0.05, 0) is 30.2 Å². The van der Waals surface area contributed by atoms with E-state index < -0.39 is 0 Å². The number of benzene rings is 1. The molecule has 0 bridgehead atoms. The fourth-order valence-corrected chi connectivity index (χ4v) is 2.84. The lowest BCUT2D eigenvalue weighted by atomic mass is 9.97. The minimum atomic E-state index is -0.328. The van der Waals surface area contributed by atoms with Crippen LogP contribution in [-0.2, 0) is 11.3 Å². The predicted molar refractivity (Wildman–Crippen MR) is 80.8 cm³/mol. The number of amides is 1. The molecule has 112 valence electrons. The van der Waals surface area contributed by atoms with Crippen molar-refractivity contribution in [3.63, 3.8) is 0 Å². The van der Waals surface area contributed by atoms with Gasteiger partial charge in [-0.3, -0.25) is 9.69 Å². The van der Waals surface area contributed by atoms with E-state index in [0.29, 0.717) is 24.6 Å². The molecule has 1 fully saturated rings. The highest BCUT2D eigenvalue weighted by molar-refractivity contribution is 5.84. The second kappa shape index (κ2) is 6.04. The Morgan fingerprint density at radius 1 is 1.36 bits per heavy atom. The summed E-state index contributed by atoms with van der Waals surface area (Å²) in [5.41, 5.74) is 2.10. The van der Waals surface area contributed by atoms with E-state index in [4.69, 9.17) is 9.68 Å². The van der Waals surface area contributed by atoms with Crippen molar-refractivity contribution in [1.82, 2.24) is 10.2 Å². The summed E-state index contributed by atoms with van der Waals surface area (Å²) in [7, 11) is 0. The maximum Gasteiger partial charge on any atom is 0.242 e. The van der Waals surface area contributed by atoms with Crippen LogP contribution < -0.4 is 5.32 Å². The molecule has 1 aliphatic heterocycles. The standard InChI is InChI=1S/C17H17N3O2/c1-12-4-2-3-5-15(12)16-17(21)19-8-9-20(16)11-14-7-6-13(10-18)22-14/h2-7,16H,8-9,11H2,1H3,(H,19,21). The van der Waals surface area contributed by atoms with Crippen LogP contribution in [0.2, 0.25) is 0 Å². The number of rotatable bonds is 3. The molecule has 1 aliphatic rings. The Morgan fingerprint density at radius 3 is 2.91 bits per heavy atom. The maximum absolute atomic E-state index is 12.4. The van der Waals surface area contributed by atoms with E-state index >= 15 is 0 Å². The summed E-state index contributed by atoms with van der Waals surface area (Å²) in [6, 6.07) is 13.0. The zero-order valence-electron chi connectivity index (χ0n) is 12.4. The molecule has 3 rings (SSSR count). The Hall–Kier alpha value is -2.58. The zero-order valence-corrected chi connectivity index (χ0v) is 12.4. The normalized spacial score (nSPS) is 18.7. The monoisotopic (exact) mass is 295 g/mol. The minimum absolute atomic E-state index is 0.00705. The fraction of sp³-hybridized carbons (Fsp3) is 0.294. The molecule has 2 aromatic rings. The molecule has 0 radical (unpaired) electrons. The SMILES string of the molecule is Cc1ccccc1C1C(=O)NCCN1Cc1ccc(C#N)o1. The van der Waals surface area contributed by atoms with E-state index in [1.165, 1.54) is 0 Å². The summed E-state index contributed by atoms with van der Waals surface area (Å²) in [6.07, 6.45) is 0. The van der Waals surface area contributed by atoms with Crippen molar-refractivity contribution < 1.29 is 9.21 Å². The maximum atomic E-state index is 12.4. The average molecular weight is 295 g/mol. The van der Waals surface area contributed by atoms with Crippen LogP contribution in [0.15, 0.2) is 40.8 Å². The van der Waals surface area contributed by atoms with Gasteiger partial charge in [0.1, 0.15) is 17.9 Å². The second-order valence-electron chi connectivity index (χ2n) is 5.40. The number of hydrogen-bond acceptors (Lipinski definition) is 4. The van der Waals surface area contributed by atoms with E-state index in [0.717, 1.165) is 17.7 Å². The summed E-state index contributed by atoms with van der Waals surface area (Å²) in [5.74, 6) is 1.00. The van der Waals surface area contributed by atoms with Crippen molar-refractivity contribution in [1.29, 1.82) is 5.26 Å². The van der Waals surface area contributed by atoms with Gasteiger partial charge in [-0.1, -0.05) is 24.3 Å². The van der Waals surface area contributed by atoms with Gasteiger partial charge in [0.25, 0.3) is 0 Å². The van der Waals surface area contributed by atoms with Gasteiger partial charge in [-0.15, -0.1) is 0 Å². The van der Waals surface area contributed by atoms with Crippen molar-refractivity contribution in [2.45, 2.75) is 19.5 Å². The van der Waals surface area contributed by atoms with E-state index in [9.17, 15) is 4.79 Å². The average Bonchev–Trinajstić information content (AvgIpc) is 2.96. The number of aryl methyl sites for hydroxylation is 1. The highest BCUT2D eigenvalue weighted by Gasteiger charge is 2.32. The van der Waals surface area contributed by atoms with Crippen LogP contribution >= 0.6 is 0 Å². The number of carbonyl (C=O) groups is 1. The molecule has 1 saturated heterocycles. The van der Waals surface area contributed by atoms with Gasteiger partial charge in [-0.25, -0.2) is 0 Å². The lowest BCUT2D eigenvalue weighted by molar-refractivity contribution is -0.129. The molecular formula is C17H17N3O2. The second-order valence-corrected chi connectivity index (χ2v) is 5.40. The summed E-state index contributed by atoms with van der Waals surface area (Å²) in [5, 5.41) is 11.8. The van der Waals surface area contributed by atoms with Gasteiger partial charge in [0.05, 0.1) is 6.54 Å². The molecule has 1 amide bonds. The fourth-order valence-electron chi connectivity index (χ4n) is 2.84. The van der Waals surface area contributed by atoms with Crippen molar-refractivity contribution in [2.24, 2.45) is 0 Å². The molecule has 1 N–H and O–H groups in total. The third-order valence-corrected chi connectivity index (χ3v) is 3.93. The first-order valence-electron chi connectivity index (χ1n) is 7.25. The van der Waals surface area contributed by atoms with Gasteiger partial charge in [0.2, 0.25) is 11.7 Å². The van der Waals surface area contributed by atoms with Gasteiger partial charge in [0, 0.05) is 13.1 Å². The molecule has 2 heterocycles. The minimum Gasteiger partial charge on any atom is -0.449 e. The molecular weight excluding hydrogens is 278 g/mol. The molecule has 0 saturated carbocycles. The van der Waals surface area contributed by atoms with Crippen LogP contribution in [0, 0.1) is 18.3 Å². The lowest BCUT2D eigenvalue weighted by Gasteiger charge is -2.35. The molecule has 1 aromatic heterocycles. The number of nitriles is 1. The molecule has 22 heavy (non-hydrogen) atoms. The van der Waals surface area contributed by atoms with Crippen LogP contribution in [-0.4, -0.2) is 23.9 Å². The van der Waals surface area contributed by atoms with Gasteiger partial charge in [0.15, 0.2) is 0 Å². The first kappa shape index (κ1) is 14.4. The molecule has 0 spiro atoms. The lowest BCUT2D eigenvalue weighted by Crippen LogP contribution is -2.49. The number of nitrogens with one attached hydrogen (secondary N) is 1. The summed E-state index contributed by atoms with van der Waals surface area (Å²) >= 11 is 0. The number of furan rings is 1. The van der Waals surface area contributed by atoms with Crippen molar-refractivity contribution >= 4 is 5.91 Å². The Labute approximate surface area is 129 Å².